The van der Waals surface area contributed by atoms with Gasteiger partial charge in [0.25, 0.3) is 0 Å². The Morgan fingerprint density at radius 2 is 2.44 bits per heavy atom. The lowest BCUT2D eigenvalue weighted by atomic mass is 10.4. The fraction of sp³-hybridized carbons (Fsp3) is 0.444. The lowest BCUT2D eigenvalue weighted by Crippen LogP contribution is -2.25. The van der Waals surface area contributed by atoms with Crippen LogP contribution in [-0.2, 0) is 7.05 Å². The van der Waals surface area contributed by atoms with Crippen molar-refractivity contribution in [3.63, 3.8) is 0 Å². The van der Waals surface area contributed by atoms with Crippen LogP contribution in [0.5, 0.6) is 0 Å². The second-order valence-electron chi connectivity index (χ2n) is 3.63. The molecule has 0 aliphatic rings. The zero-order valence-electron chi connectivity index (χ0n) is 9.06. The largest absolute Gasteiger partial charge is 0.394 e. The lowest BCUT2D eigenvalue weighted by molar-refractivity contribution is 0.280. The van der Waals surface area contributed by atoms with E-state index in [9.17, 15) is 4.79 Å². The monoisotopic (exact) mass is 223 g/mol. The van der Waals surface area contributed by atoms with Crippen molar-refractivity contribution in [3.05, 3.63) is 16.7 Å². The van der Waals surface area contributed by atoms with Crippen molar-refractivity contribution in [2.24, 2.45) is 7.05 Å². The maximum absolute atomic E-state index is 11.6. The summed E-state index contributed by atoms with van der Waals surface area (Å²) in [4.78, 5) is 22.2. The number of imidazole rings is 1. The molecule has 0 aliphatic carbocycles. The van der Waals surface area contributed by atoms with Gasteiger partial charge in [0.1, 0.15) is 0 Å². The predicted octanol–water partition coefficient (Wildman–Crippen LogP) is -0.551. The second kappa shape index (κ2) is 3.93. The standard InChI is InChI=1S/C9H13N5O2/c1-5(3-15)12-9-13-8(16)6-7(14(9)2)11-4-10-6/h4-5,15H,3H2,1-2H3,(H,10,11)(H,12,13,16). The van der Waals surface area contributed by atoms with Crippen molar-refractivity contribution >= 4 is 17.1 Å². The molecule has 0 aliphatic heterocycles. The molecular formula is C9H13N5O2. The molecule has 2 heterocycles. The van der Waals surface area contributed by atoms with E-state index in [2.05, 4.69) is 20.3 Å². The summed E-state index contributed by atoms with van der Waals surface area (Å²) in [6.45, 7) is 1.76. The third kappa shape index (κ3) is 1.65. The number of hydrogen-bond donors (Lipinski definition) is 3. The molecule has 2 aromatic heterocycles. The summed E-state index contributed by atoms with van der Waals surface area (Å²) < 4.78 is 1.67. The van der Waals surface area contributed by atoms with E-state index in [0.29, 0.717) is 17.1 Å². The summed E-state index contributed by atoms with van der Waals surface area (Å²) in [7, 11) is 1.75. The third-order valence-corrected chi connectivity index (χ3v) is 2.33. The fourth-order valence-corrected chi connectivity index (χ4v) is 1.42. The molecule has 0 radical (unpaired) electrons. The number of aryl methyl sites for hydroxylation is 1. The molecule has 1 unspecified atom stereocenters. The number of anilines is 1. The van der Waals surface area contributed by atoms with Gasteiger partial charge in [-0.15, -0.1) is 0 Å². The Labute approximate surface area is 91.2 Å². The number of nitrogens with one attached hydrogen (secondary N) is 2. The molecule has 0 saturated heterocycles. The van der Waals surface area contributed by atoms with Gasteiger partial charge in [-0.1, -0.05) is 0 Å². The van der Waals surface area contributed by atoms with Crippen molar-refractivity contribution in [3.8, 4) is 0 Å². The van der Waals surface area contributed by atoms with Gasteiger partial charge in [0.05, 0.1) is 12.9 Å². The average Bonchev–Trinajstić information content (AvgIpc) is 2.74. The van der Waals surface area contributed by atoms with Crippen LogP contribution in [0, 0.1) is 0 Å². The number of nitrogens with zero attached hydrogens (tertiary/aromatic N) is 3. The quantitative estimate of drug-likeness (QED) is 0.648. The molecule has 16 heavy (non-hydrogen) atoms. The van der Waals surface area contributed by atoms with Crippen LogP contribution in [0.2, 0.25) is 0 Å². The van der Waals surface area contributed by atoms with Gasteiger partial charge in [0, 0.05) is 13.1 Å². The molecule has 86 valence electrons. The first-order valence-corrected chi connectivity index (χ1v) is 4.91. The highest BCUT2D eigenvalue weighted by molar-refractivity contribution is 5.70. The summed E-state index contributed by atoms with van der Waals surface area (Å²) in [5.74, 6) is 0.395. The Hall–Kier alpha value is -1.89. The van der Waals surface area contributed by atoms with E-state index in [0.717, 1.165) is 0 Å². The first-order chi connectivity index (χ1) is 7.63. The molecule has 3 N–H and O–H groups in total. The molecular weight excluding hydrogens is 210 g/mol. The molecule has 2 rings (SSSR count). The van der Waals surface area contributed by atoms with Gasteiger partial charge in [-0.3, -0.25) is 9.36 Å². The van der Waals surface area contributed by atoms with Crippen LogP contribution in [0.3, 0.4) is 0 Å². The van der Waals surface area contributed by atoms with Gasteiger partial charge in [-0.05, 0) is 6.92 Å². The zero-order valence-corrected chi connectivity index (χ0v) is 9.06. The van der Waals surface area contributed by atoms with Gasteiger partial charge < -0.3 is 15.4 Å². The molecule has 0 saturated carbocycles. The number of hydrogen-bond acceptors (Lipinski definition) is 5. The van der Waals surface area contributed by atoms with Crippen molar-refractivity contribution in [1.82, 2.24) is 19.5 Å². The predicted molar refractivity (Wildman–Crippen MR) is 59.3 cm³/mol. The van der Waals surface area contributed by atoms with Crippen LogP contribution in [0.15, 0.2) is 11.1 Å². The van der Waals surface area contributed by atoms with E-state index >= 15 is 0 Å². The highest BCUT2D eigenvalue weighted by Gasteiger charge is 2.11. The minimum absolute atomic E-state index is 0.0333. The average molecular weight is 223 g/mol. The number of aliphatic hydroxyl groups excluding tert-OH is 1. The Morgan fingerprint density at radius 3 is 3.12 bits per heavy atom. The number of fused-ring (bicyclic) bond motifs is 1. The molecule has 1 atom stereocenters. The number of aromatic amines is 1. The van der Waals surface area contributed by atoms with Gasteiger partial charge in [0.2, 0.25) is 5.95 Å². The number of rotatable bonds is 3. The van der Waals surface area contributed by atoms with Crippen molar-refractivity contribution in [2.75, 3.05) is 11.9 Å². The Kier molecular flexibility index (Phi) is 2.61. The summed E-state index contributed by atoms with van der Waals surface area (Å²) in [6.07, 6.45) is 1.45. The van der Waals surface area contributed by atoms with E-state index in [1.165, 1.54) is 6.33 Å². The molecule has 7 heteroatoms. The Bertz CT molecular complexity index is 559. The van der Waals surface area contributed by atoms with E-state index in [-0.39, 0.29) is 18.2 Å². The van der Waals surface area contributed by atoms with Gasteiger partial charge in [-0.25, -0.2) is 4.98 Å². The summed E-state index contributed by atoms with van der Waals surface area (Å²) in [5, 5.41) is 11.9. The summed E-state index contributed by atoms with van der Waals surface area (Å²) >= 11 is 0. The van der Waals surface area contributed by atoms with Gasteiger partial charge in [-0.2, -0.15) is 4.98 Å². The van der Waals surface area contributed by atoms with E-state index in [4.69, 9.17) is 5.11 Å². The van der Waals surface area contributed by atoms with Crippen molar-refractivity contribution in [2.45, 2.75) is 13.0 Å². The topological polar surface area (TPSA) is 95.8 Å². The van der Waals surface area contributed by atoms with Crippen LogP contribution in [0.4, 0.5) is 5.95 Å². The van der Waals surface area contributed by atoms with Crippen LogP contribution >= 0.6 is 0 Å². The lowest BCUT2D eigenvalue weighted by Gasteiger charge is -2.14. The van der Waals surface area contributed by atoms with Crippen LogP contribution < -0.4 is 10.9 Å². The number of aromatic nitrogens is 4. The first-order valence-electron chi connectivity index (χ1n) is 4.91. The van der Waals surface area contributed by atoms with Crippen molar-refractivity contribution in [1.29, 1.82) is 0 Å². The third-order valence-electron chi connectivity index (χ3n) is 2.33. The minimum atomic E-state index is -0.363. The molecule has 0 bridgehead atoms. The smallest absolute Gasteiger partial charge is 0.300 e. The summed E-state index contributed by atoms with van der Waals surface area (Å²) in [5.41, 5.74) is 0.551. The molecule has 0 spiro atoms. The van der Waals surface area contributed by atoms with E-state index in [1.54, 1.807) is 18.5 Å². The maximum Gasteiger partial charge on any atom is 0.300 e. The summed E-state index contributed by atoms with van der Waals surface area (Å²) in [6, 6.07) is -0.172. The number of H-pyrrole nitrogens is 1. The van der Waals surface area contributed by atoms with Crippen molar-refractivity contribution < 1.29 is 5.11 Å². The Balaban J connectivity index is 2.54. The zero-order chi connectivity index (χ0) is 11.7. The SMILES string of the molecule is CC(CO)Nc1nc(=O)c2[nH]cnc2n1C. The molecule has 2 aromatic rings. The first kappa shape index (κ1) is 10.6. The fourth-order valence-electron chi connectivity index (χ4n) is 1.42. The van der Waals surface area contributed by atoms with Crippen LogP contribution in [0.1, 0.15) is 6.92 Å². The highest BCUT2D eigenvalue weighted by Crippen LogP contribution is 2.08. The van der Waals surface area contributed by atoms with Crippen LogP contribution in [-0.4, -0.2) is 37.3 Å². The van der Waals surface area contributed by atoms with E-state index in [1.807, 2.05) is 0 Å². The minimum Gasteiger partial charge on any atom is -0.394 e. The highest BCUT2D eigenvalue weighted by atomic mass is 16.3. The van der Waals surface area contributed by atoms with E-state index < -0.39 is 0 Å². The Morgan fingerprint density at radius 1 is 1.69 bits per heavy atom. The normalized spacial score (nSPS) is 12.9. The van der Waals surface area contributed by atoms with Gasteiger partial charge >= 0.3 is 5.56 Å². The maximum atomic E-state index is 11.6. The second-order valence-corrected chi connectivity index (χ2v) is 3.63. The van der Waals surface area contributed by atoms with Gasteiger partial charge in [0.15, 0.2) is 11.2 Å². The molecule has 0 fully saturated rings. The molecule has 7 nitrogen and oxygen atoms in total. The van der Waals surface area contributed by atoms with Crippen LogP contribution in [0.25, 0.3) is 11.2 Å². The molecule has 0 aromatic carbocycles. The number of aliphatic hydroxyl groups is 1. The molecule has 0 amide bonds.